The number of rotatable bonds is 7. The molecule has 0 aliphatic rings. The first kappa shape index (κ1) is 18.6. The second kappa shape index (κ2) is 8.51. The van der Waals surface area contributed by atoms with Gasteiger partial charge in [0.25, 0.3) is 0 Å². The van der Waals surface area contributed by atoms with Crippen LogP contribution in [0.2, 0.25) is 0 Å². The van der Waals surface area contributed by atoms with Crippen LogP contribution in [0.25, 0.3) is 32.7 Å². The number of aromatic hydroxyl groups is 1. The highest BCUT2D eigenvalue weighted by atomic mass is 35.5. The fourth-order valence-electron chi connectivity index (χ4n) is 3.52. The smallest absolute Gasteiger partial charge is 0.128 e. The normalized spacial score (nSPS) is 11.2. The summed E-state index contributed by atoms with van der Waals surface area (Å²) in [6.07, 6.45) is 0. The SMILES string of the molecule is Oc1ccc2ccccc2c1-c1c(OCCOCCCl)ccc2ccccc12. The predicted molar refractivity (Wildman–Crippen MR) is 116 cm³/mol. The summed E-state index contributed by atoms with van der Waals surface area (Å²) >= 11 is 5.65. The lowest BCUT2D eigenvalue weighted by molar-refractivity contribution is 0.112. The topological polar surface area (TPSA) is 38.7 Å². The predicted octanol–water partition coefficient (Wildman–Crippen LogP) is 6.00. The Morgan fingerprint density at radius 3 is 2.04 bits per heavy atom. The number of halogens is 1. The van der Waals surface area contributed by atoms with Crippen molar-refractivity contribution >= 4 is 33.1 Å². The lowest BCUT2D eigenvalue weighted by Crippen LogP contribution is -2.08. The van der Waals surface area contributed by atoms with E-state index in [1.54, 1.807) is 6.07 Å². The summed E-state index contributed by atoms with van der Waals surface area (Å²) in [6, 6.07) is 23.9. The summed E-state index contributed by atoms with van der Waals surface area (Å²) in [4.78, 5) is 0. The van der Waals surface area contributed by atoms with Crippen molar-refractivity contribution in [2.24, 2.45) is 0 Å². The number of ether oxygens (including phenoxy) is 2. The largest absolute Gasteiger partial charge is 0.507 e. The molecule has 0 aliphatic heterocycles. The van der Waals surface area contributed by atoms with Crippen LogP contribution >= 0.6 is 11.6 Å². The molecule has 4 aromatic rings. The van der Waals surface area contributed by atoms with E-state index < -0.39 is 0 Å². The van der Waals surface area contributed by atoms with Crippen LogP contribution in [0.15, 0.2) is 72.8 Å². The summed E-state index contributed by atoms with van der Waals surface area (Å²) < 4.78 is 11.5. The Hall–Kier alpha value is -2.75. The maximum Gasteiger partial charge on any atom is 0.128 e. The highest BCUT2D eigenvalue weighted by Gasteiger charge is 2.17. The Morgan fingerprint density at radius 2 is 1.32 bits per heavy atom. The minimum atomic E-state index is 0.235. The van der Waals surface area contributed by atoms with E-state index in [0.29, 0.717) is 25.7 Å². The number of phenolic OH excluding ortho intramolecular Hbond substituents is 1. The molecule has 4 rings (SSSR count). The third kappa shape index (κ3) is 3.64. The molecule has 142 valence electrons. The number of hydrogen-bond acceptors (Lipinski definition) is 3. The van der Waals surface area contributed by atoms with Crippen LogP contribution in [-0.2, 0) is 4.74 Å². The molecule has 0 bridgehead atoms. The molecule has 28 heavy (non-hydrogen) atoms. The molecule has 0 unspecified atom stereocenters. The average Bonchev–Trinajstić information content (AvgIpc) is 2.74. The first-order chi connectivity index (χ1) is 13.8. The van der Waals surface area contributed by atoms with Gasteiger partial charge in [-0.15, -0.1) is 11.6 Å². The number of benzene rings is 4. The molecular formula is C24H21ClO3. The van der Waals surface area contributed by atoms with Gasteiger partial charge in [0.05, 0.1) is 13.2 Å². The third-order valence-electron chi connectivity index (χ3n) is 4.75. The molecule has 0 radical (unpaired) electrons. The van der Waals surface area contributed by atoms with E-state index in [-0.39, 0.29) is 5.75 Å². The molecule has 3 nitrogen and oxygen atoms in total. The molecule has 0 saturated carbocycles. The fraction of sp³-hybridized carbons (Fsp3) is 0.167. The molecule has 0 aliphatic carbocycles. The van der Waals surface area contributed by atoms with Gasteiger partial charge in [0.15, 0.2) is 0 Å². The van der Waals surface area contributed by atoms with Gasteiger partial charge >= 0.3 is 0 Å². The van der Waals surface area contributed by atoms with E-state index in [9.17, 15) is 5.11 Å². The van der Waals surface area contributed by atoms with E-state index in [0.717, 1.165) is 38.4 Å². The minimum absolute atomic E-state index is 0.235. The molecule has 0 atom stereocenters. The third-order valence-corrected chi connectivity index (χ3v) is 4.91. The van der Waals surface area contributed by atoms with Crippen LogP contribution in [0.4, 0.5) is 0 Å². The van der Waals surface area contributed by atoms with Gasteiger partial charge in [0.1, 0.15) is 18.1 Å². The van der Waals surface area contributed by atoms with Crippen molar-refractivity contribution in [1.29, 1.82) is 0 Å². The summed E-state index contributed by atoms with van der Waals surface area (Å²) in [7, 11) is 0. The quantitative estimate of drug-likeness (QED) is 0.309. The molecule has 0 heterocycles. The van der Waals surface area contributed by atoms with Gasteiger partial charge in [-0.3, -0.25) is 0 Å². The maximum absolute atomic E-state index is 10.8. The Balaban J connectivity index is 1.87. The van der Waals surface area contributed by atoms with Crippen molar-refractivity contribution < 1.29 is 14.6 Å². The average molecular weight is 393 g/mol. The fourth-order valence-corrected chi connectivity index (χ4v) is 3.63. The lowest BCUT2D eigenvalue weighted by Gasteiger charge is -2.17. The Kier molecular flexibility index (Phi) is 5.65. The van der Waals surface area contributed by atoms with Crippen LogP contribution in [0.5, 0.6) is 11.5 Å². The van der Waals surface area contributed by atoms with Crippen LogP contribution in [0.3, 0.4) is 0 Å². The first-order valence-electron chi connectivity index (χ1n) is 9.29. The molecule has 1 N–H and O–H groups in total. The van der Waals surface area contributed by atoms with Crippen molar-refractivity contribution in [3.63, 3.8) is 0 Å². The number of hydrogen-bond donors (Lipinski definition) is 1. The van der Waals surface area contributed by atoms with Gasteiger partial charge < -0.3 is 14.6 Å². The highest BCUT2D eigenvalue weighted by Crippen LogP contribution is 2.44. The van der Waals surface area contributed by atoms with Gasteiger partial charge in [-0.1, -0.05) is 60.7 Å². The van der Waals surface area contributed by atoms with E-state index in [4.69, 9.17) is 21.1 Å². The standard InChI is InChI=1S/C24H21ClO3/c25-13-14-27-15-16-28-22-12-10-18-6-2-4-8-20(18)24(22)23-19-7-3-1-5-17(19)9-11-21(23)26/h1-12,26H,13-16H2. The molecule has 0 spiro atoms. The second-order valence-corrected chi connectivity index (χ2v) is 6.87. The molecule has 0 amide bonds. The van der Waals surface area contributed by atoms with Crippen LogP contribution in [0, 0.1) is 0 Å². The molecule has 0 fully saturated rings. The Morgan fingerprint density at radius 1 is 0.679 bits per heavy atom. The first-order valence-corrected chi connectivity index (χ1v) is 9.82. The van der Waals surface area contributed by atoms with Crippen molar-refractivity contribution in [1.82, 2.24) is 0 Å². The second-order valence-electron chi connectivity index (χ2n) is 6.49. The number of phenols is 1. The maximum atomic E-state index is 10.8. The zero-order chi connectivity index (χ0) is 19.3. The molecule has 4 heteroatoms. The van der Waals surface area contributed by atoms with E-state index >= 15 is 0 Å². The molecule has 0 aromatic heterocycles. The lowest BCUT2D eigenvalue weighted by atomic mass is 9.92. The molecule has 0 saturated heterocycles. The van der Waals surface area contributed by atoms with Crippen molar-refractivity contribution in [3.05, 3.63) is 72.8 Å². The molecular weight excluding hydrogens is 372 g/mol. The highest BCUT2D eigenvalue weighted by molar-refractivity contribution is 6.18. The summed E-state index contributed by atoms with van der Waals surface area (Å²) in [5, 5.41) is 15.0. The molecule has 4 aromatic carbocycles. The minimum Gasteiger partial charge on any atom is -0.507 e. The van der Waals surface area contributed by atoms with Crippen LogP contribution < -0.4 is 4.74 Å². The monoisotopic (exact) mass is 392 g/mol. The summed E-state index contributed by atoms with van der Waals surface area (Å²) in [6.45, 7) is 1.37. The number of fused-ring (bicyclic) bond motifs is 2. The van der Waals surface area contributed by atoms with Gasteiger partial charge in [-0.25, -0.2) is 0 Å². The summed E-state index contributed by atoms with van der Waals surface area (Å²) in [5.74, 6) is 1.42. The van der Waals surface area contributed by atoms with E-state index in [1.165, 1.54) is 0 Å². The van der Waals surface area contributed by atoms with Gasteiger partial charge in [0.2, 0.25) is 0 Å². The zero-order valence-corrected chi connectivity index (χ0v) is 16.2. The van der Waals surface area contributed by atoms with Gasteiger partial charge in [-0.2, -0.15) is 0 Å². The zero-order valence-electron chi connectivity index (χ0n) is 15.4. The summed E-state index contributed by atoms with van der Waals surface area (Å²) in [5.41, 5.74) is 1.68. The van der Waals surface area contributed by atoms with Gasteiger partial charge in [0, 0.05) is 17.0 Å². The van der Waals surface area contributed by atoms with Crippen molar-refractivity contribution in [2.45, 2.75) is 0 Å². The van der Waals surface area contributed by atoms with Crippen LogP contribution in [-0.4, -0.2) is 30.8 Å². The Labute approximate surface area is 169 Å². The Bertz CT molecular complexity index is 1110. The van der Waals surface area contributed by atoms with Gasteiger partial charge in [-0.05, 0) is 33.7 Å². The number of alkyl halides is 1. The van der Waals surface area contributed by atoms with Crippen molar-refractivity contribution in [3.8, 4) is 22.6 Å². The van der Waals surface area contributed by atoms with E-state index in [1.807, 2.05) is 54.6 Å². The van der Waals surface area contributed by atoms with Crippen molar-refractivity contribution in [2.75, 3.05) is 25.7 Å². The van der Waals surface area contributed by atoms with E-state index in [2.05, 4.69) is 12.1 Å². The van der Waals surface area contributed by atoms with Crippen LogP contribution in [0.1, 0.15) is 0 Å².